The second-order valence-corrected chi connectivity index (χ2v) is 12.8. The summed E-state index contributed by atoms with van der Waals surface area (Å²) in [6, 6.07) is 30.5. The fourth-order valence-electron chi connectivity index (χ4n) is 3.77. The molecule has 0 N–H and O–H groups in total. The van der Waals surface area contributed by atoms with E-state index in [9.17, 15) is 27.4 Å². The van der Waals surface area contributed by atoms with E-state index in [1.807, 2.05) is 62.4 Å². The van der Waals surface area contributed by atoms with E-state index in [-0.39, 0.29) is 21.2 Å². The summed E-state index contributed by atoms with van der Waals surface area (Å²) in [5.41, 5.74) is 4.61. The molecule has 10 nitrogen and oxygen atoms in total. The Hall–Kier alpha value is -5.82. The first-order chi connectivity index (χ1) is 22.0. The molecule has 0 saturated carbocycles. The standard InChI is InChI=1S/C34H26N4O6S2/c1-25-3-19-33(20-4-25)45(39,40)43-37-31(23-35)17-11-27-7-13-29(14-8-27)30-15-9-28(10-16-30)12-18-32(24-36)38-44-46(41,42)34-21-5-26(2)6-22-34/h3-22H,1-2H3/b17-11+,18-12+,37-31+,38-32+. The predicted molar refractivity (Wildman–Crippen MR) is 175 cm³/mol. The Kier molecular flexibility index (Phi) is 10.6. The maximum Gasteiger partial charge on any atom is 0.358 e. The Morgan fingerprint density at radius 3 is 1.20 bits per heavy atom. The van der Waals surface area contributed by atoms with Gasteiger partial charge in [-0.15, -0.1) is 0 Å². The molecule has 0 amide bonds. The average molecular weight is 651 g/mol. The quantitative estimate of drug-likeness (QED) is 0.130. The van der Waals surface area contributed by atoms with Gasteiger partial charge in [0.25, 0.3) is 0 Å². The number of oxime groups is 2. The van der Waals surface area contributed by atoms with Crippen LogP contribution in [0.4, 0.5) is 0 Å². The second-order valence-electron chi connectivity index (χ2n) is 9.77. The SMILES string of the molecule is Cc1ccc(S(=O)(=O)O/N=C(C#N)\C=C\c2ccc(-c3ccc(/C=C/C(C#N)=N\OS(=O)(=O)c4ccc(C)cc4)cc3)cc2)cc1. The molecule has 0 atom stereocenters. The number of allylic oxidation sites excluding steroid dienone is 2. The van der Waals surface area contributed by atoms with Crippen molar-refractivity contribution in [2.45, 2.75) is 23.6 Å². The van der Waals surface area contributed by atoms with Crippen LogP contribution in [-0.2, 0) is 28.8 Å². The smallest absolute Gasteiger partial charge is 0.263 e. The van der Waals surface area contributed by atoms with Crippen LogP contribution < -0.4 is 0 Å². The second kappa shape index (κ2) is 14.8. The van der Waals surface area contributed by atoms with Crippen molar-refractivity contribution in [3.63, 3.8) is 0 Å². The van der Waals surface area contributed by atoms with Gasteiger partial charge in [0.05, 0.1) is 0 Å². The fraction of sp³-hybridized carbons (Fsp3) is 0.0588. The van der Waals surface area contributed by atoms with E-state index in [1.54, 1.807) is 48.6 Å². The summed E-state index contributed by atoms with van der Waals surface area (Å²) in [5, 5.41) is 25.7. The van der Waals surface area contributed by atoms with Gasteiger partial charge in [0.2, 0.25) is 0 Å². The van der Waals surface area contributed by atoms with Crippen LogP contribution in [0.1, 0.15) is 22.3 Å². The van der Waals surface area contributed by atoms with E-state index < -0.39 is 20.2 Å². The minimum Gasteiger partial charge on any atom is -0.263 e. The normalized spacial score (nSPS) is 12.5. The summed E-state index contributed by atoms with van der Waals surface area (Å²) >= 11 is 0. The molecule has 0 heterocycles. The van der Waals surface area contributed by atoms with Crippen LogP contribution in [0, 0.1) is 36.5 Å². The van der Waals surface area contributed by atoms with Crippen molar-refractivity contribution in [3.8, 4) is 23.3 Å². The van der Waals surface area contributed by atoms with E-state index in [2.05, 4.69) is 10.3 Å². The highest BCUT2D eigenvalue weighted by Crippen LogP contribution is 2.22. The van der Waals surface area contributed by atoms with Gasteiger partial charge in [-0.2, -0.15) is 27.4 Å². The molecule has 0 radical (unpaired) electrons. The van der Waals surface area contributed by atoms with E-state index in [0.29, 0.717) is 0 Å². The number of benzene rings is 4. The molecule has 4 aromatic carbocycles. The van der Waals surface area contributed by atoms with Crippen molar-refractivity contribution in [1.29, 1.82) is 10.5 Å². The van der Waals surface area contributed by atoms with Crippen LogP contribution in [0.15, 0.2) is 129 Å². The molecule has 4 aromatic rings. The molecule has 0 unspecified atom stereocenters. The summed E-state index contributed by atoms with van der Waals surface area (Å²) in [7, 11) is -8.31. The van der Waals surface area contributed by atoms with Gasteiger partial charge in [-0.1, -0.05) is 106 Å². The fourth-order valence-corrected chi connectivity index (χ4v) is 5.24. The third-order valence-corrected chi connectivity index (χ3v) is 8.58. The first kappa shape index (κ1) is 33.1. The van der Waals surface area contributed by atoms with Crippen LogP contribution in [0.3, 0.4) is 0 Å². The number of hydrogen-bond donors (Lipinski definition) is 0. The van der Waals surface area contributed by atoms with Crippen LogP contribution in [0.25, 0.3) is 23.3 Å². The minimum atomic E-state index is -4.16. The lowest BCUT2D eigenvalue weighted by molar-refractivity contribution is 0.339. The van der Waals surface area contributed by atoms with Crippen molar-refractivity contribution in [2.75, 3.05) is 0 Å². The van der Waals surface area contributed by atoms with Crippen molar-refractivity contribution < 1.29 is 25.4 Å². The summed E-state index contributed by atoms with van der Waals surface area (Å²) in [6.07, 6.45) is 5.91. The Morgan fingerprint density at radius 1 is 0.565 bits per heavy atom. The highest BCUT2D eigenvalue weighted by atomic mass is 32.2. The number of nitriles is 2. The first-order valence-electron chi connectivity index (χ1n) is 13.5. The molecule has 0 spiro atoms. The number of aryl methyl sites for hydroxylation is 2. The largest absolute Gasteiger partial charge is 0.358 e. The summed E-state index contributed by atoms with van der Waals surface area (Å²) in [6.45, 7) is 3.65. The topological polar surface area (TPSA) is 159 Å². The molecule has 0 fully saturated rings. The van der Waals surface area contributed by atoms with Gasteiger partial charge >= 0.3 is 20.2 Å². The zero-order valence-electron chi connectivity index (χ0n) is 24.6. The van der Waals surface area contributed by atoms with E-state index in [4.69, 9.17) is 8.57 Å². The lowest BCUT2D eigenvalue weighted by Gasteiger charge is -2.04. The number of nitrogens with zero attached hydrogens (tertiary/aromatic N) is 4. The van der Waals surface area contributed by atoms with Gasteiger partial charge in [-0.25, -0.2) is 0 Å². The zero-order valence-corrected chi connectivity index (χ0v) is 26.2. The van der Waals surface area contributed by atoms with Gasteiger partial charge in [0, 0.05) is 0 Å². The molecule has 46 heavy (non-hydrogen) atoms. The molecule has 12 heteroatoms. The number of hydrogen-bond acceptors (Lipinski definition) is 10. The van der Waals surface area contributed by atoms with Crippen molar-refractivity contribution >= 4 is 43.8 Å². The van der Waals surface area contributed by atoms with E-state index >= 15 is 0 Å². The monoisotopic (exact) mass is 650 g/mol. The van der Waals surface area contributed by atoms with Gasteiger partial charge < -0.3 is 0 Å². The molecule has 0 saturated heterocycles. The Morgan fingerprint density at radius 2 is 0.891 bits per heavy atom. The lowest BCUT2D eigenvalue weighted by atomic mass is 10.0. The van der Waals surface area contributed by atoms with Crippen molar-refractivity contribution in [2.24, 2.45) is 10.3 Å². The highest BCUT2D eigenvalue weighted by Gasteiger charge is 2.16. The maximum atomic E-state index is 12.3. The molecule has 0 aliphatic carbocycles. The van der Waals surface area contributed by atoms with Gasteiger partial charge in [-0.3, -0.25) is 8.57 Å². The third kappa shape index (κ3) is 9.09. The van der Waals surface area contributed by atoms with Crippen LogP contribution >= 0.6 is 0 Å². The van der Waals surface area contributed by atoms with Crippen LogP contribution in [0.5, 0.6) is 0 Å². The lowest BCUT2D eigenvalue weighted by Crippen LogP contribution is -2.04. The molecular weight excluding hydrogens is 625 g/mol. The molecule has 230 valence electrons. The molecule has 0 aliphatic heterocycles. The first-order valence-corrected chi connectivity index (χ1v) is 16.3. The zero-order chi connectivity index (χ0) is 33.2. The Bertz CT molecular complexity index is 1960. The number of rotatable bonds is 11. The average Bonchev–Trinajstić information content (AvgIpc) is 3.06. The Balaban J connectivity index is 1.37. The van der Waals surface area contributed by atoms with Crippen LogP contribution in [0.2, 0.25) is 0 Å². The van der Waals surface area contributed by atoms with Gasteiger partial charge in [0.1, 0.15) is 21.9 Å². The molecule has 4 rings (SSSR count). The maximum absolute atomic E-state index is 12.3. The van der Waals surface area contributed by atoms with Crippen LogP contribution in [-0.4, -0.2) is 28.3 Å². The van der Waals surface area contributed by atoms with E-state index in [1.165, 1.54) is 36.4 Å². The molecule has 0 aromatic heterocycles. The van der Waals surface area contributed by atoms with Crippen molar-refractivity contribution in [3.05, 3.63) is 131 Å². The summed E-state index contributed by atoms with van der Waals surface area (Å²) < 4.78 is 58.6. The summed E-state index contributed by atoms with van der Waals surface area (Å²) in [4.78, 5) is -0.138. The van der Waals surface area contributed by atoms with E-state index in [0.717, 1.165) is 33.4 Å². The molecule has 0 aliphatic rings. The Labute approximate surface area is 267 Å². The minimum absolute atomic E-state index is 0.0691. The predicted octanol–water partition coefficient (Wildman–Crippen LogP) is 6.57. The van der Waals surface area contributed by atoms with Crippen molar-refractivity contribution in [1.82, 2.24) is 0 Å². The van der Waals surface area contributed by atoms with Gasteiger partial charge in [0.15, 0.2) is 11.4 Å². The van der Waals surface area contributed by atoms with Gasteiger partial charge in [-0.05, 0) is 72.5 Å². The highest BCUT2D eigenvalue weighted by molar-refractivity contribution is 7.87. The third-order valence-electron chi connectivity index (χ3n) is 6.34. The summed E-state index contributed by atoms with van der Waals surface area (Å²) in [5.74, 6) is 0. The molecule has 0 bridgehead atoms. The molecular formula is C34H26N4O6S2.